The molecule has 0 aliphatic rings. The third-order valence-electron chi connectivity index (χ3n) is 1.65. The highest BCUT2D eigenvalue weighted by Crippen LogP contribution is 2.18. The minimum absolute atomic E-state index is 1.05. The maximum absolute atomic E-state index is 4.22. The summed E-state index contributed by atoms with van der Waals surface area (Å²) in [7, 11) is 0. The fourth-order valence-electron chi connectivity index (χ4n) is 1.09. The first-order valence-electron chi connectivity index (χ1n) is 3.36. The molecule has 0 atom stereocenters. The van der Waals surface area contributed by atoms with Gasteiger partial charge in [0.05, 0.1) is 0 Å². The zero-order chi connectivity index (χ0) is 7.84. The molecular weight excluding hydrogens is 251 g/mol. The predicted molar refractivity (Wildman–Crippen MR) is 53.5 cm³/mol. The van der Waals surface area contributed by atoms with Crippen molar-refractivity contribution in [3.63, 3.8) is 0 Å². The van der Waals surface area contributed by atoms with Crippen LogP contribution in [0, 0.1) is 10.5 Å². The largest absolute Gasteiger partial charge is 0.360 e. The molecule has 0 amide bonds. The monoisotopic (exact) mass is 258 g/mol. The van der Waals surface area contributed by atoms with Crippen LogP contribution in [0.1, 0.15) is 5.69 Å². The van der Waals surface area contributed by atoms with Gasteiger partial charge in [-0.1, -0.05) is 0 Å². The first-order chi connectivity index (χ1) is 5.27. The molecule has 2 nitrogen and oxygen atoms in total. The maximum Gasteiger partial charge on any atom is 0.0498 e. The first-order valence-corrected chi connectivity index (χ1v) is 4.44. The van der Waals surface area contributed by atoms with Crippen molar-refractivity contribution in [3.05, 3.63) is 27.7 Å². The molecule has 2 rings (SSSR count). The van der Waals surface area contributed by atoms with Crippen LogP contribution in [-0.4, -0.2) is 9.97 Å². The van der Waals surface area contributed by atoms with Crippen LogP contribution in [0.25, 0.3) is 10.9 Å². The molecule has 1 N–H and O–H groups in total. The number of H-pyrrole nitrogens is 1. The van der Waals surface area contributed by atoms with Crippen LogP contribution in [0.15, 0.2) is 18.5 Å². The number of nitrogens with zero attached hydrogens (tertiary/aromatic N) is 1. The molecule has 0 aliphatic heterocycles. The molecule has 56 valence electrons. The zero-order valence-electron chi connectivity index (χ0n) is 6.06. The van der Waals surface area contributed by atoms with Gasteiger partial charge in [0.25, 0.3) is 0 Å². The summed E-state index contributed by atoms with van der Waals surface area (Å²) in [5.74, 6) is 0. The van der Waals surface area contributed by atoms with Crippen LogP contribution in [0.5, 0.6) is 0 Å². The zero-order valence-corrected chi connectivity index (χ0v) is 8.21. The average molecular weight is 258 g/mol. The molecule has 0 radical (unpaired) electrons. The number of aryl methyl sites for hydroxylation is 1. The van der Waals surface area contributed by atoms with Gasteiger partial charge in [0.2, 0.25) is 0 Å². The van der Waals surface area contributed by atoms with Crippen molar-refractivity contribution >= 4 is 33.5 Å². The van der Waals surface area contributed by atoms with Crippen LogP contribution in [0.3, 0.4) is 0 Å². The summed E-state index contributed by atoms with van der Waals surface area (Å²) in [6.45, 7) is 1.99. The molecule has 0 aromatic carbocycles. The summed E-state index contributed by atoms with van der Waals surface area (Å²) >= 11 is 2.29. The van der Waals surface area contributed by atoms with Gasteiger partial charge in [0, 0.05) is 32.6 Å². The Bertz CT molecular complexity index is 392. The van der Waals surface area contributed by atoms with Crippen molar-refractivity contribution in [1.29, 1.82) is 0 Å². The summed E-state index contributed by atoms with van der Waals surface area (Å²) in [4.78, 5) is 7.40. The molecular formula is C8H7IN2. The summed E-state index contributed by atoms with van der Waals surface area (Å²) in [5.41, 5.74) is 2.22. The van der Waals surface area contributed by atoms with Crippen molar-refractivity contribution in [3.8, 4) is 0 Å². The predicted octanol–water partition coefficient (Wildman–Crippen LogP) is 2.48. The van der Waals surface area contributed by atoms with Crippen LogP contribution in [0.2, 0.25) is 0 Å². The minimum Gasteiger partial charge on any atom is -0.360 e. The van der Waals surface area contributed by atoms with Gasteiger partial charge in [0.15, 0.2) is 0 Å². The molecule has 2 heterocycles. The second kappa shape index (κ2) is 2.48. The van der Waals surface area contributed by atoms with Gasteiger partial charge in [-0.25, -0.2) is 0 Å². The fraction of sp³-hybridized carbons (Fsp3) is 0.125. The molecule has 0 spiro atoms. The van der Waals surface area contributed by atoms with Crippen molar-refractivity contribution in [2.45, 2.75) is 6.92 Å². The van der Waals surface area contributed by atoms with E-state index in [9.17, 15) is 0 Å². The molecule has 0 aliphatic carbocycles. The van der Waals surface area contributed by atoms with E-state index >= 15 is 0 Å². The lowest BCUT2D eigenvalue weighted by molar-refractivity contribution is 1.22. The SMILES string of the molecule is Cc1cc2[nH]cc(I)c2cn1. The number of hydrogen-bond acceptors (Lipinski definition) is 1. The number of pyridine rings is 1. The summed E-state index contributed by atoms with van der Waals surface area (Å²) in [5, 5.41) is 1.20. The Kier molecular flexibility index (Phi) is 1.60. The number of aromatic nitrogens is 2. The molecule has 0 bridgehead atoms. The maximum atomic E-state index is 4.22. The van der Waals surface area contributed by atoms with Gasteiger partial charge in [-0.15, -0.1) is 0 Å². The van der Waals surface area contributed by atoms with Crippen molar-refractivity contribution in [2.24, 2.45) is 0 Å². The highest BCUT2D eigenvalue weighted by atomic mass is 127. The lowest BCUT2D eigenvalue weighted by Gasteiger charge is -1.91. The fourth-order valence-corrected chi connectivity index (χ4v) is 1.67. The van der Waals surface area contributed by atoms with E-state index in [0.29, 0.717) is 0 Å². The average Bonchev–Trinajstić information content (AvgIpc) is 2.32. The van der Waals surface area contributed by atoms with E-state index < -0.39 is 0 Å². The van der Waals surface area contributed by atoms with E-state index in [2.05, 4.69) is 38.6 Å². The van der Waals surface area contributed by atoms with Gasteiger partial charge in [-0.3, -0.25) is 4.98 Å². The quantitative estimate of drug-likeness (QED) is 0.722. The molecule has 11 heavy (non-hydrogen) atoms. The number of rotatable bonds is 0. The molecule has 2 aromatic heterocycles. The summed E-state index contributed by atoms with van der Waals surface area (Å²) < 4.78 is 1.23. The van der Waals surface area contributed by atoms with E-state index in [1.54, 1.807) is 0 Å². The number of nitrogens with one attached hydrogen (secondary N) is 1. The van der Waals surface area contributed by atoms with E-state index in [4.69, 9.17) is 0 Å². The van der Waals surface area contributed by atoms with Gasteiger partial charge >= 0.3 is 0 Å². The third kappa shape index (κ3) is 1.13. The molecule has 0 fully saturated rings. The third-order valence-corrected chi connectivity index (χ3v) is 2.54. The summed E-state index contributed by atoms with van der Waals surface area (Å²) in [6.07, 6.45) is 3.90. The Morgan fingerprint density at radius 1 is 1.55 bits per heavy atom. The normalized spacial score (nSPS) is 10.7. The van der Waals surface area contributed by atoms with Crippen molar-refractivity contribution < 1.29 is 0 Å². The Morgan fingerprint density at radius 3 is 3.18 bits per heavy atom. The highest BCUT2D eigenvalue weighted by Gasteiger charge is 1.99. The number of hydrogen-bond donors (Lipinski definition) is 1. The second-order valence-electron chi connectivity index (χ2n) is 2.51. The van der Waals surface area contributed by atoms with E-state index in [0.717, 1.165) is 5.69 Å². The van der Waals surface area contributed by atoms with Crippen LogP contribution in [0.4, 0.5) is 0 Å². The van der Waals surface area contributed by atoms with Gasteiger partial charge < -0.3 is 4.98 Å². The van der Waals surface area contributed by atoms with Crippen molar-refractivity contribution in [2.75, 3.05) is 0 Å². The van der Waals surface area contributed by atoms with Crippen molar-refractivity contribution in [1.82, 2.24) is 9.97 Å². The Hall–Kier alpha value is -0.580. The van der Waals surface area contributed by atoms with Gasteiger partial charge in [0.1, 0.15) is 0 Å². The first kappa shape index (κ1) is 7.09. The molecule has 0 saturated heterocycles. The molecule has 0 unspecified atom stereocenters. The van der Waals surface area contributed by atoms with Crippen LogP contribution in [-0.2, 0) is 0 Å². The standard InChI is InChI=1S/C8H7IN2/c1-5-2-8-6(3-10-5)7(9)4-11-8/h2-4,11H,1H3. The number of fused-ring (bicyclic) bond motifs is 1. The number of halogens is 1. The highest BCUT2D eigenvalue weighted by molar-refractivity contribution is 14.1. The topological polar surface area (TPSA) is 28.7 Å². The lowest BCUT2D eigenvalue weighted by Crippen LogP contribution is -1.78. The van der Waals surface area contributed by atoms with E-state index in [1.807, 2.05) is 19.3 Å². The Morgan fingerprint density at radius 2 is 2.36 bits per heavy atom. The van der Waals surface area contributed by atoms with E-state index in [-0.39, 0.29) is 0 Å². The second-order valence-corrected chi connectivity index (χ2v) is 3.67. The molecule has 0 saturated carbocycles. The molecule has 3 heteroatoms. The lowest BCUT2D eigenvalue weighted by atomic mass is 10.3. The Balaban J connectivity index is 2.86. The van der Waals surface area contributed by atoms with Crippen LogP contribution >= 0.6 is 22.6 Å². The Labute approximate surface area is 78.2 Å². The number of aromatic amines is 1. The van der Waals surface area contributed by atoms with Crippen LogP contribution < -0.4 is 0 Å². The van der Waals surface area contributed by atoms with E-state index in [1.165, 1.54) is 14.5 Å². The van der Waals surface area contributed by atoms with Gasteiger partial charge in [-0.2, -0.15) is 0 Å². The molecule has 2 aromatic rings. The minimum atomic E-state index is 1.05. The van der Waals surface area contributed by atoms with Gasteiger partial charge in [-0.05, 0) is 35.6 Å². The smallest absolute Gasteiger partial charge is 0.0498 e. The summed E-state index contributed by atoms with van der Waals surface area (Å²) in [6, 6.07) is 2.05.